The topological polar surface area (TPSA) is 12.4 Å². The third-order valence-corrected chi connectivity index (χ3v) is 6.83. The molecule has 4 rings (SSSR count). The molecule has 0 aliphatic rings. The van der Waals surface area contributed by atoms with Crippen LogP contribution in [0.5, 0.6) is 0 Å². The van der Waals surface area contributed by atoms with Gasteiger partial charge in [0.05, 0.1) is 5.69 Å². The molecule has 0 unspecified atom stereocenters. The van der Waals surface area contributed by atoms with Gasteiger partial charge in [0.25, 0.3) is 0 Å². The zero-order chi connectivity index (χ0) is 19.7. The Morgan fingerprint density at radius 1 is 0.690 bits per heavy atom. The number of hydrogen-bond donors (Lipinski definition) is 0. The summed E-state index contributed by atoms with van der Waals surface area (Å²) in [6.45, 7) is 0. The lowest BCUT2D eigenvalue weighted by molar-refractivity contribution is 1.47. The highest BCUT2D eigenvalue weighted by atomic mass is 32.2. The minimum absolute atomic E-state index is 0.957. The standard InChI is InChI=1S/C25H19NS3/c1-4-11-20(12-5-1)26-25(29-22-15-8-3-9-16-22)23(24-17-10-18-27-24)19-28-21-13-6-2-7-14-21/h1-19H/b23-19+,26-25+. The normalized spacial score (nSPS) is 12.1. The second-order valence-corrected chi connectivity index (χ2v) is 9.06. The number of thiophene rings is 1. The van der Waals surface area contributed by atoms with Crippen LogP contribution >= 0.6 is 34.9 Å². The number of benzene rings is 3. The summed E-state index contributed by atoms with van der Waals surface area (Å²) in [5, 5.41) is 5.33. The zero-order valence-electron chi connectivity index (χ0n) is 15.6. The van der Waals surface area contributed by atoms with Gasteiger partial charge in [0.2, 0.25) is 0 Å². The zero-order valence-corrected chi connectivity index (χ0v) is 18.1. The van der Waals surface area contributed by atoms with Crippen molar-refractivity contribution < 1.29 is 0 Å². The van der Waals surface area contributed by atoms with Crippen LogP contribution in [-0.4, -0.2) is 5.04 Å². The van der Waals surface area contributed by atoms with Gasteiger partial charge in [-0.05, 0) is 53.3 Å². The summed E-state index contributed by atoms with van der Waals surface area (Å²) >= 11 is 5.17. The van der Waals surface area contributed by atoms with Crippen molar-refractivity contribution in [1.82, 2.24) is 0 Å². The highest BCUT2D eigenvalue weighted by Gasteiger charge is 2.14. The molecule has 0 amide bonds. The summed E-state index contributed by atoms with van der Waals surface area (Å²) in [4.78, 5) is 8.63. The van der Waals surface area contributed by atoms with Crippen LogP contribution in [0, 0.1) is 0 Å². The van der Waals surface area contributed by atoms with Gasteiger partial charge >= 0.3 is 0 Å². The Bertz CT molecular complexity index is 1070. The van der Waals surface area contributed by atoms with E-state index in [4.69, 9.17) is 4.99 Å². The molecule has 0 atom stereocenters. The van der Waals surface area contributed by atoms with E-state index in [1.807, 2.05) is 42.5 Å². The van der Waals surface area contributed by atoms with Crippen molar-refractivity contribution in [2.24, 2.45) is 4.99 Å². The molecule has 142 valence electrons. The lowest BCUT2D eigenvalue weighted by atomic mass is 10.2. The van der Waals surface area contributed by atoms with Crippen molar-refractivity contribution in [2.45, 2.75) is 9.79 Å². The fourth-order valence-electron chi connectivity index (χ4n) is 2.63. The number of aliphatic imine (C=N–C) groups is 1. The largest absolute Gasteiger partial charge is 0.241 e. The number of para-hydroxylation sites is 1. The van der Waals surface area contributed by atoms with Crippen LogP contribution < -0.4 is 0 Å². The molecule has 29 heavy (non-hydrogen) atoms. The van der Waals surface area contributed by atoms with Crippen molar-refractivity contribution in [3.8, 4) is 0 Å². The van der Waals surface area contributed by atoms with E-state index < -0.39 is 0 Å². The molecule has 0 saturated carbocycles. The summed E-state index contributed by atoms with van der Waals surface area (Å²) in [5.74, 6) is 0. The highest BCUT2D eigenvalue weighted by molar-refractivity contribution is 8.15. The first kappa shape index (κ1) is 19.8. The van der Waals surface area contributed by atoms with Gasteiger partial charge in [-0.25, -0.2) is 4.99 Å². The predicted octanol–water partition coefficient (Wildman–Crippen LogP) is 8.40. The minimum atomic E-state index is 0.957. The minimum Gasteiger partial charge on any atom is -0.241 e. The van der Waals surface area contributed by atoms with E-state index in [-0.39, 0.29) is 0 Å². The molecule has 0 spiro atoms. The van der Waals surface area contributed by atoms with Gasteiger partial charge in [-0.2, -0.15) is 0 Å². The van der Waals surface area contributed by atoms with Crippen molar-refractivity contribution in [3.05, 3.63) is 119 Å². The van der Waals surface area contributed by atoms with E-state index in [9.17, 15) is 0 Å². The smallest absolute Gasteiger partial charge is 0.111 e. The molecule has 3 aromatic carbocycles. The summed E-state index contributed by atoms with van der Waals surface area (Å²) < 4.78 is 0. The number of rotatable bonds is 6. The first-order valence-electron chi connectivity index (χ1n) is 9.21. The molecule has 0 aliphatic carbocycles. The maximum atomic E-state index is 5.03. The fraction of sp³-hybridized carbons (Fsp3) is 0. The van der Waals surface area contributed by atoms with E-state index >= 15 is 0 Å². The average Bonchev–Trinajstić information content (AvgIpc) is 3.31. The Hall–Kier alpha value is -2.53. The van der Waals surface area contributed by atoms with E-state index in [1.165, 1.54) is 14.7 Å². The van der Waals surface area contributed by atoms with Gasteiger partial charge in [-0.15, -0.1) is 11.3 Å². The summed E-state index contributed by atoms with van der Waals surface area (Å²) in [5.41, 5.74) is 2.10. The molecule has 0 bridgehead atoms. The summed E-state index contributed by atoms with van der Waals surface area (Å²) in [6.07, 6.45) is 0. The van der Waals surface area contributed by atoms with Gasteiger partial charge in [0, 0.05) is 20.2 Å². The molecule has 0 fully saturated rings. The maximum absolute atomic E-state index is 5.03. The molecular weight excluding hydrogens is 410 g/mol. The van der Waals surface area contributed by atoms with Crippen LogP contribution in [0.25, 0.3) is 5.57 Å². The van der Waals surface area contributed by atoms with Gasteiger partial charge in [0.1, 0.15) is 5.04 Å². The van der Waals surface area contributed by atoms with Crippen molar-refractivity contribution in [1.29, 1.82) is 0 Å². The second kappa shape index (κ2) is 10.3. The molecule has 1 nitrogen and oxygen atoms in total. The van der Waals surface area contributed by atoms with Crippen molar-refractivity contribution in [2.75, 3.05) is 0 Å². The number of thioether (sulfide) groups is 2. The van der Waals surface area contributed by atoms with Crippen LogP contribution in [0.2, 0.25) is 0 Å². The predicted molar refractivity (Wildman–Crippen MR) is 130 cm³/mol. The quantitative estimate of drug-likeness (QED) is 0.173. The van der Waals surface area contributed by atoms with Crippen molar-refractivity contribution >= 4 is 51.2 Å². The molecule has 0 N–H and O–H groups in total. The highest BCUT2D eigenvalue weighted by Crippen LogP contribution is 2.35. The average molecular weight is 430 g/mol. The SMILES string of the molecule is C(/Sc1ccccc1)=C(\C(=N/c1ccccc1)Sc1ccccc1)c1cccs1. The van der Waals surface area contributed by atoms with Gasteiger partial charge in [-0.1, -0.05) is 84.2 Å². The monoisotopic (exact) mass is 429 g/mol. The molecule has 4 heteroatoms. The first-order valence-corrected chi connectivity index (χ1v) is 11.8. The fourth-order valence-corrected chi connectivity index (χ4v) is 5.34. The third kappa shape index (κ3) is 5.73. The van der Waals surface area contributed by atoms with Gasteiger partial charge in [-0.3, -0.25) is 0 Å². The molecule has 1 aromatic heterocycles. The Morgan fingerprint density at radius 3 is 1.93 bits per heavy atom. The molecule has 0 aliphatic heterocycles. The van der Waals surface area contributed by atoms with Crippen LogP contribution in [0.15, 0.2) is 129 Å². The third-order valence-electron chi connectivity index (χ3n) is 4.02. The number of hydrogen-bond acceptors (Lipinski definition) is 4. The molecule has 0 radical (unpaired) electrons. The van der Waals surface area contributed by atoms with E-state index in [0.29, 0.717) is 0 Å². The summed E-state index contributed by atoms with van der Waals surface area (Å²) in [7, 11) is 0. The van der Waals surface area contributed by atoms with Gasteiger partial charge < -0.3 is 0 Å². The van der Waals surface area contributed by atoms with Crippen LogP contribution in [0.4, 0.5) is 5.69 Å². The lowest BCUT2D eigenvalue weighted by Gasteiger charge is -2.11. The maximum Gasteiger partial charge on any atom is 0.111 e. The number of nitrogens with zero attached hydrogens (tertiary/aromatic N) is 1. The van der Waals surface area contributed by atoms with E-state index in [1.54, 1.807) is 34.9 Å². The van der Waals surface area contributed by atoms with Crippen LogP contribution in [0.1, 0.15) is 4.88 Å². The molecule has 4 aromatic rings. The Kier molecular flexibility index (Phi) is 7.03. The molecule has 0 saturated heterocycles. The molecule has 1 heterocycles. The van der Waals surface area contributed by atoms with E-state index in [2.05, 4.69) is 71.5 Å². The Balaban J connectivity index is 1.76. The van der Waals surface area contributed by atoms with Crippen LogP contribution in [-0.2, 0) is 0 Å². The van der Waals surface area contributed by atoms with Crippen LogP contribution in [0.3, 0.4) is 0 Å². The summed E-state index contributed by atoms with van der Waals surface area (Å²) in [6, 6.07) is 35.3. The lowest BCUT2D eigenvalue weighted by Crippen LogP contribution is -1.96. The van der Waals surface area contributed by atoms with Crippen molar-refractivity contribution in [3.63, 3.8) is 0 Å². The Labute approximate surface area is 184 Å². The first-order chi connectivity index (χ1) is 14.4. The Morgan fingerprint density at radius 2 is 1.31 bits per heavy atom. The molecular formula is C25H19NS3. The van der Waals surface area contributed by atoms with Gasteiger partial charge in [0.15, 0.2) is 0 Å². The second-order valence-electron chi connectivity index (χ2n) is 6.11. The van der Waals surface area contributed by atoms with E-state index in [0.717, 1.165) is 16.3 Å².